The SMILES string of the molecule is CCOC(=O)c1csc2ncnc(Nc3ccc(O)cc3)c12. The van der Waals surface area contributed by atoms with E-state index >= 15 is 0 Å². The molecule has 1 aromatic carbocycles. The number of phenolic OH excluding ortho intramolecular Hbond substituents is 1. The molecule has 0 saturated heterocycles. The van der Waals surface area contributed by atoms with Gasteiger partial charge in [-0.3, -0.25) is 0 Å². The predicted octanol–water partition coefficient (Wildman–Crippen LogP) is 3.32. The molecule has 3 rings (SSSR count). The van der Waals surface area contributed by atoms with Gasteiger partial charge in [-0.2, -0.15) is 0 Å². The molecule has 2 aromatic heterocycles. The molecule has 0 aliphatic rings. The average Bonchev–Trinajstić information content (AvgIpc) is 2.95. The van der Waals surface area contributed by atoms with E-state index in [9.17, 15) is 9.90 Å². The van der Waals surface area contributed by atoms with Crippen LogP contribution in [0.2, 0.25) is 0 Å². The number of thiophene rings is 1. The van der Waals surface area contributed by atoms with Crippen LogP contribution >= 0.6 is 11.3 Å². The first-order valence-corrected chi connectivity index (χ1v) is 7.52. The van der Waals surface area contributed by atoms with Crippen LogP contribution in [0, 0.1) is 0 Å². The molecule has 0 atom stereocenters. The molecule has 7 heteroatoms. The minimum absolute atomic E-state index is 0.182. The van der Waals surface area contributed by atoms with Gasteiger partial charge in [0.15, 0.2) is 0 Å². The Bertz CT molecular complexity index is 815. The predicted molar refractivity (Wildman–Crippen MR) is 84.8 cm³/mol. The van der Waals surface area contributed by atoms with Crippen molar-refractivity contribution in [3.05, 3.63) is 41.5 Å². The second-order valence-electron chi connectivity index (χ2n) is 4.44. The van der Waals surface area contributed by atoms with Gasteiger partial charge in [-0.05, 0) is 31.2 Å². The first-order valence-electron chi connectivity index (χ1n) is 6.64. The lowest BCUT2D eigenvalue weighted by Gasteiger charge is -2.08. The third kappa shape index (κ3) is 2.71. The van der Waals surface area contributed by atoms with Crippen LogP contribution in [-0.2, 0) is 4.74 Å². The number of hydrogen-bond donors (Lipinski definition) is 2. The molecule has 22 heavy (non-hydrogen) atoms. The van der Waals surface area contributed by atoms with Gasteiger partial charge in [-0.15, -0.1) is 11.3 Å². The number of carbonyl (C=O) groups is 1. The van der Waals surface area contributed by atoms with Crippen LogP contribution in [-0.4, -0.2) is 27.7 Å². The van der Waals surface area contributed by atoms with E-state index in [1.165, 1.54) is 17.7 Å². The number of phenols is 1. The van der Waals surface area contributed by atoms with Gasteiger partial charge in [0.25, 0.3) is 0 Å². The van der Waals surface area contributed by atoms with Gasteiger partial charge in [0.1, 0.15) is 22.7 Å². The molecule has 2 heterocycles. The van der Waals surface area contributed by atoms with Crippen LogP contribution in [0.4, 0.5) is 11.5 Å². The van der Waals surface area contributed by atoms with Crippen molar-refractivity contribution in [1.29, 1.82) is 0 Å². The number of nitrogens with zero attached hydrogens (tertiary/aromatic N) is 2. The van der Waals surface area contributed by atoms with Crippen molar-refractivity contribution in [2.75, 3.05) is 11.9 Å². The smallest absolute Gasteiger partial charge is 0.339 e. The second-order valence-corrected chi connectivity index (χ2v) is 5.30. The van der Waals surface area contributed by atoms with Gasteiger partial charge in [0, 0.05) is 11.1 Å². The third-order valence-corrected chi connectivity index (χ3v) is 3.88. The summed E-state index contributed by atoms with van der Waals surface area (Å²) in [6.45, 7) is 2.07. The number of hydrogen-bond acceptors (Lipinski definition) is 7. The summed E-state index contributed by atoms with van der Waals surface area (Å²) in [5.74, 6) is 0.318. The Balaban J connectivity index is 2.03. The van der Waals surface area contributed by atoms with Gasteiger partial charge in [0.2, 0.25) is 0 Å². The second kappa shape index (κ2) is 5.98. The molecular weight excluding hydrogens is 302 g/mol. The molecule has 3 aromatic rings. The van der Waals surface area contributed by atoms with Crippen LogP contribution in [0.1, 0.15) is 17.3 Å². The van der Waals surface area contributed by atoms with E-state index in [-0.39, 0.29) is 5.75 Å². The zero-order chi connectivity index (χ0) is 15.5. The highest BCUT2D eigenvalue weighted by Gasteiger charge is 2.18. The van der Waals surface area contributed by atoms with Crippen molar-refractivity contribution >= 4 is 39.0 Å². The van der Waals surface area contributed by atoms with Crippen LogP contribution < -0.4 is 5.32 Å². The molecular formula is C15H13N3O3S. The zero-order valence-corrected chi connectivity index (χ0v) is 12.6. The number of benzene rings is 1. The van der Waals surface area contributed by atoms with Crippen LogP contribution in [0.15, 0.2) is 36.0 Å². The number of esters is 1. The maximum Gasteiger partial charge on any atom is 0.339 e. The first-order chi connectivity index (χ1) is 10.7. The Morgan fingerprint density at radius 3 is 2.82 bits per heavy atom. The standard InChI is InChI=1S/C15H13N3O3S/c1-2-21-15(20)11-7-22-14-12(11)13(16-8-17-14)18-9-3-5-10(19)6-4-9/h3-8,19H,2H2,1H3,(H,16,17,18). The van der Waals surface area contributed by atoms with Crippen molar-refractivity contribution in [2.24, 2.45) is 0 Å². The van der Waals surface area contributed by atoms with Crippen molar-refractivity contribution in [2.45, 2.75) is 6.92 Å². The lowest BCUT2D eigenvalue weighted by molar-refractivity contribution is 0.0529. The summed E-state index contributed by atoms with van der Waals surface area (Å²) in [5.41, 5.74) is 1.20. The maximum atomic E-state index is 12.0. The Labute approximate surface area is 130 Å². The highest BCUT2D eigenvalue weighted by molar-refractivity contribution is 7.17. The summed E-state index contributed by atoms with van der Waals surface area (Å²) in [6, 6.07) is 6.58. The fraction of sp³-hybridized carbons (Fsp3) is 0.133. The number of anilines is 2. The van der Waals surface area contributed by atoms with Crippen LogP contribution in [0.25, 0.3) is 10.2 Å². The van der Waals surface area contributed by atoms with E-state index in [0.717, 1.165) is 5.69 Å². The number of aromatic hydroxyl groups is 1. The Morgan fingerprint density at radius 2 is 2.09 bits per heavy atom. The van der Waals surface area contributed by atoms with Gasteiger partial charge < -0.3 is 15.2 Å². The van der Waals surface area contributed by atoms with Crippen molar-refractivity contribution < 1.29 is 14.6 Å². The molecule has 0 fully saturated rings. The fourth-order valence-corrected chi connectivity index (χ4v) is 2.89. The molecule has 0 aliphatic heterocycles. The van der Waals surface area contributed by atoms with Crippen molar-refractivity contribution in [3.63, 3.8) is 0 Å². The number of rotatable bonds is 4. The molecule has 0 unspecified atom stereocenters. The number of carbonyl (C=O) groups excluding carboxylic acids is 1. The minimum atomic E-state index is -0.391. The van der Waals surface area contributed by atoms with Crippen molar-refractivity contribution in [1.82, 2.24) is 9.97 Å². The third-order valence-electron chi connectivity index (χ3n) is 3.00. The van der Waals surface area contributed by atoms with Crippen molar-refractivity contribution in [3.8, 4) is 5.75 Å². The van der Waals surface area contributed by atoms with E-state index in [1.807, 2.05) is 0 Å². The van der Waals surface area contributed by atoms with E-state index in [2.05, 4.69) is 15.3 Å². The summed E-state index contributed by atoms with van der Waals surface area (Å²) < 4.78 is 5.07. The molecule has 0 saturated carbocycles. The highest BCUT2D eigenvalue weighted by Crippen LogP contribution is 2.31. The van der Waals surface area contributed by atoms with Crippen LogP contribution in [0.3, 0.4) is 0 Å². The molecule has 6 nitrogen and oxygen atoms in total. The highest BCUT2D eigenvalue weighted by atomic mass is 32.1. The molecule has 0 spiro atoms. The van der Waals surface area contributed by atoms with Gasteiger partial charge in [-0.1, -0.05) is 0 Å². The Morgan fingerprint density at radius 1 is 1.32 bits per heavy atom. The normalized spacial score (nSPS) is 10.6. The van der Waals surface area contributed by atoms with E-state index < -0.39 is 5.97 Å². The topological polar surface area (TPSA) is 84.3 Å². The minimum Gasteiger partial charge on any atom is -0.508 e. The molecule has 2 N–H and O–H groups in total. The van der Waals surface area contributed by atoms with Gasteiger partial charge >= 0.3 is 5.97 Å². The molecule has 0 aliphatic carbocycles. The largest absolute Gasteiger partial charge is 0.508 e. The molecule has 0 radical (unpaired) electrons. The lowest BCUT2D eigenvalue weighted by atomic mass is 10.2. The number of fused-ring (bicyclic) bond motifs is 1. The Kier molecular flexibility index (Phi) is 3.88. The average molecular weight is 315 g/mol. The van der Waals surface area contributed by atoms with Gasteiger partial charge in [-0.25, -0.2) is 14.8 Å². The fourth-order valence-electron chi connectivity index (χ4n) is 2.01. The summed E-state index contributed by atoms with van der Waals surface area (Å²) in [6.07, 6.45) is 1.44. The van der Waals surface area contributed by atoms with E-state index in [1.54, 1.807) is 36.6 Å². The summed E-state index contributed by atoms with van der Waals surface area (Å²) in [5, 5.41) is 14.8. The number of nitrogens with one attached hydrogen (secondary N) is 1. The summed E-state index contributed by atoms with van der Waals surface area (Å²) >= 11 is 1.36. The quantitative estimate of drug-likeness (QED) is 0.567. The van der Waals surface area contributed by atoms with E-state index in [4.69, 9.17) is 4.74 Å². The summed E-state index contributed by atoms with van der Waals surface area (Å²) in [7, 11) is 0. The van der Waals surface area contributed by atoms with E-state index in [0.29, 0.717) is 28.2 Å². The maximum absolute atomic E-state index is 12.0. The zero-order valence-electron chi connectivity index (χ0n) is 11.7. The van der Waals surface area contributed by atoms with Crippen LogP contribution in [0.5, 0.6) is 5.75 Å². The molecule has 0 bridgehead atoms. The number of aromatic nitrogens is 2. The van der Waals surface area contributed by atoms with Gasteiger partial charge in [0.05, 0.1) is 17.6 Å². The monoisotopic (exact) mass is 315 g/mol. The Hall–Kier alpha value is -2.67. The number of ether oxygens (including phenoxy) is 1. The molecule has 0 amide bonds. The molecule has 112 valence electrons. The first kappa shape index (κ1) is 14.3. The lowest BCUT2D eigenvalue weighted by Crippen LogP contribution is -2.05. The summed E-state index contributed by atoms with van der Waals surface area (Å²) in [4.78, 5) is 21.1.